The van der Waals surface area contributed by atoms with Crippen LogP contribution in [0.3, 0.4) is 0 Å². The Labute approximate surface area is 202 Å². The number of benzene rings is 5. The second kappa shape index (κ2) is 7.72. The van der Waals surface area contributed by atoms with Crippen LogP contribution in [0, 0.1) is 0 Å². The van der Waals surface area contributed by atoms with Crippen LogP contribution >= 0.6 is 11.8 Å². The maximum absolute atomic E-state index is 6.29. The van der Waals surface area contributed by atoms with E-state index in [1.54, 1.807) is 0 Å². The standard InChI is InChI=1S/C30H20N2OS/c1-2-8-22(9-3-1)32-25-11-5-6-12-27(25)33-28-16-14-21(19-26(28)32)20-15-17-30-24(18-20)31-23-10-4-7-13-29(23)34-30/h1-19,31H. The molecule has 0 unspecified atom stereocenters. The lowest BCUT2D eigenvalue weighted by Gasteiger charge is -2.33. The molecule has 2 heterocycles. The van der Waals surface area contributed by atoms with Crippen molar-refractivity contribution >= 4 is 40.2 Å². The first kappa shape index (κ1) is 19.3. The molecule has 0 bridgehead atoms. The number of fused-ring (bicyclic) bond motifs is 4. The minimum Gasteiger partial charge on any atom is -0.453 e. The van der Waals surface area contributed by atoms with Gasteiger partial charge in [-0.2, -0.15) is 0 Å². The molecule has 0 saturated carbocycles. The van der Waals surface area contributed by atoms with Gasteiger partial charge in [-0.3, -0.25) is 0 Å². The summed E-state index contributed by atoms with van der Waals surface area (Å²) in [5.41, 5.74) is 7.79. The van der Waals surface area contributed by atoms with Gasteiger partial charge in [0.25, 0.3) is 0 Å². The van der Waals surface area contributed by atoms with Gasteiger partial charge in [0.15, 0.2) is 11.5 Å². The molecule has 5 aromatic rings. The molecular weight excluding hydrogens is 436 g/mol. The van der Waals surface area contributed by atoms with Gasteiger partial charge in [-0.05, 0) is 71.8 Å². The van der Waals surface area contributed by atoms with Gasteiger partial charge >= 0.3 is 0 Å². The predicted molar refractivity (Wildman–Crippen MR) is 140 cm³/mol. The maximum atomic E-state index is 6.29. The van der Waals surface area contributed by atoms with Crippen LogP contribution in [-0.4, -0.2) is 0 Å². The Bertz CT molecular complexity index is 1550. The summed E-state index contributed by atoms with van der Waals surface area (Å²) >= 11 is 1.81. The Balaban J connectivity index is 1.33. The summed E-state index contributed by atoms with van der Waals surface area (Å²) in [6.07, 6.45) is 0. The molecule has 0 saturated heterocycles. The monoisotopic (exact) mass is 456 g/mol. The van der Waals surface area contributed by atoms with Crippen molar-refractivity contribution in [1.82, 2.24) is 0 Å². The topological polar surface area (TPSA) is 24.5 Å². The molecule has 2 aliphatic rings. The number of hydrogen-bond acceptors (Lipinski definition) is 4. The highest BCUT2D eigenvalue weighted by Crippen LogP contribution is 2.51. The molecule has 1 N–H and O–H groups in total. The predicted octanol–water partition coefficient (Wildman–Crippen LogP) is 9.14. The molecule has 0 aliphatic carbocycles. The van der Waals surface area contributed by atoms with Gasteiger partial charge in [0, 0.05) is 15.5 Å². The van der Waals surface area contributed by atoms with Gasteiger partial charge in [0.05, 0.1) is 22.7 Å². The number of nitrogens with zero attached hydrogens (tertiary/aromatic N) is 1. The van der Waals surface area contributed by atoms with E-state index < -0.39 is 0 Å². The lowest BCUT2D eigenvalue weighted by Crippen LogP contribution is -2.15. The van der Waals surface area contributed by atoms with E-state index in [1.165, 1.54) is 15.4 Å². The molecule has 0 radical (unpaired) electrons. The molecule has 0 fully saturated rings. The van der Waals surface area contributed by atoms with Crippen LogP contribution in [0.4, 0.5) is 28.4 Å². The van der Waals surface area contributed by atoms with Crippen LogP contribution in [0.2, 0.25) is 0 Å². The average Bonchev–Trinajstić information content (AvgIpc) is 2.90. The van der Waals surface area contributed by atoms with Crippen LogP contribution in [-0.2, 0) is 0 Å². The van der Waals surface area contributed by atoms with Crippen molar-refractivity contribution in [3.63, 3.8) is 0 Å². The fraction of sp³-hybridized carbons (Fsp3) is 0. The van der Waals surface area contributed by atoms with Crippen LogP contribution in [0.15, 0.2) is 125 Å². The Kier molecular flexibility index (Phi) is 4.39. The zero-order chi connectivity index (χ0) is 22.5. The SMILES string of the molecule is c1ccc(N2c3ccccc3Oc3ccc(-c4ccc5c(c4)Nc4ccccc4S5)cc32)cc1. The fourth-order valence-electron chi connectivity index (χ4n) is 4.61. The Hall–Kier alpha value is -4.15. The molecule has 4 heteroatoms. The minimum absolute atomic E-state index is 0.854. The van der Waals surface area contributed by atoms with E-state index in [4.69, 9.17) is 4.74 Å². The van der Waals surface area contributed by atoms with Crippen molar-refractivity contribution in [2.45, 2.75) is 9.79 Å². The zero-order valence-corrected chi connectivity index (χ0v) is 19.0. The molecule has 0 aromatic heterocycles. The van der Waals surface area contributed by atoms with E-state index in [0.717, 1.165) is 45.5 Å². The summed E-state index contributed by atoms with van der Waals surface area (Å²) in [6.45, 7) is 0. The van der Waals surface area contributed by atoms with E-state index in [1.807, 2.05) is 30.0 Å². The van der Waals surface area contributed by atoms with Gasteiger partial charge in [-0.1, -0.05) is 66.4 Å². The van der Waals surface area contributed by atoms with Crippen molar-refractivity contribution in [2.24, 2.45) is 0 Å². The van der Waals surface area contributed by atoms with Gasteiger partial charge in [-0.25, -0.2) is 0 Å². The highest BCUT2D eigenvalue weighted by Gasteiger charge is 2.26. The van der Waals surface area contributed by atoms with Gasteiger partial charge in [0.2, 0.25) is 0 Å². The minimum atomic E-state index is 0.854. The third-order valence-electron chi connectivity index (χ3n) is 6.23. The Morgan fingerprint density at radius 2 is 1.26 bits per heavy atom. The largest absolute Gasteiger partial charge is 0.453 e. The van der Waals surface area contributed by atoms with Crippen molar-refractivity contribution in [2.75, 3.05) is 10.2 Å². The molecule has 0 spiro atoms. The number of anilines is 5. The van der Waals surface area contributed by atoms with Crippen LogP contribution in [0.1, 0.15) is 0 Å². The molecule has 5 aromatic carbocycles. The number of rotatable bonds is 2. The number of nitrogens with one attached hydrogen (secondary N) is 1. The van der Waals surface area contributed by atoms with Gasteiger partial charge < -0.3 is 15.0 Å². The number of hydrogen-bond donors (Lipinski definition) is 1. The van der Waals surface area contributed by atoms with Gasteiger partial charge in [-0.15, -0.1) is 0 Å². The molecule has 2 aliphatic heterocycles. The third-order valence-corrected chi connectivity index (χ3v) is 7.38. The van der Waals surface area contributed by atoms with Crippen LogP contribution in [0.5, 0.6) is 11.5 Å². The lowest BCUT2D eigenvalue weighted by molar-refractivity contribution is 0.477. The number of para-hydroxylation sites is 4. The molecule has 0 atom stereocenters. The van der Waals surface area contributed by atoms with E-state index >= 15 is 0 Å². The summed E-state index contributed by atoms with van der Waals surface area (Å²) in [7, 11) is 0. The quantitative estimate of drug-likeness (QED) is 0.280. The Morgan fingerprint density at radius 1 is 0.559 bits per heavy atom. The molecule has 34 heavy (non-hydrogen) atoms. The van der Waals surface area contributed by atoms with Crippen molar-refractivity contribution in [1.29, 1.82) is 0 Å². The smallest absolute Gasteiger partial charge is 0.151 e. The molecule has 162 valence electrons. The van der Waals surface area contributed by atoms with E-state index in [2.05, 4.69) is 107 Å². The first-order chi connectivity index (χ1) is 16.8. The highest BCUT2D eigenvalue weighted by atomic mass is 32.2. The molecular formula is C30H20N2OS. The summed E-state index contributed by atoms with van der Waals surface area (Å²) in [5, 5.41) is 3.60. The molecule has 7 rings (SSSR count). The summed E-state index contributed by atoms with van der Waals surface area (Å²) in [6, 6.07) is 40.2. The summed E-state index contributed by atoms with van der Waals surface area (Å²) < 4.78 is 6.29. The second-order valence-electron chi connectivity index (χ2n) is 8.36. The zero-order valence-electron chi connectivity index (χ0n) is 18.2. The molecule has 0 amide bonds. The molecule has 3 nitrogen and oxygen atoms in total. The van der Waals surface area contributed by atoms with E-state index in [9.17, 15) is 0 Å². The third kappa shape index (κ3) is 3.15. The van der Waals surface area contributed by atoms with Gasteiger partial charge in [0.1, 0.15) is 0 Å². The first-order valence-electron chi connectivity index (χ1n) is 11.3. The average molecular weight is 457 g/mol. The highest BCUT2D eigenvalue weighted by molar-refractivity contribution is 7.99. The van der Waals surface area contributed by atoms with Crippen molar-refractivity contribution < 1.29 is 4.74 Å². The van der Waals surface area contributed by atoms with E-state index in [0.29, 0.717) is 0 Å². The summed E-state index contributed by atoms with van der Waals surface area (Å²) in [5.74, 6) is 1.71. The van der Waals surface area contributed by atoms with Crippen molar-refractivity contribution in [3.8, 4) is 22.6 Å². The maximum Gasteiger partial charge on any atom is 0.151 e. The summed E-state index contributed by atoms with van der Waals surface area (Å²) in [4.78, 5) is 4.77. The number of ether oxygens (including phenoxy) is 1. The second-order valence-corrected chi connectivity index (χ2v) is 9.44. The van der Waals surface area contributed by atoms with Crippen LogP contribution in [0.25, 0.3) is 11.1 Å². The lowest BCUT2D eigenvalue weighted by atomic mass is 10.0. The first-order valence-corrected chi connectivity index (χ1v) is 12.1. The normalized spacial score (nSPS) is 13.0. The van der Waals surface area contributed by atoms with E-state index in [-0.39, 0.29) is 0 Å². The fourth-order valence-corrected chi connectivity index (χ4v) is 5.58. The van der Waals surface area contributed by atoms with Crippen molar-refractivity contribution in [3.05, 3.63) is 115 Å². The Morgan fingerprint density at radius 3 is 2.21 bits per heavy atom. The van der Waals surface area contributed by atoms with Crippen LogP contribution < -0.4 is 15.0 Å².